The van der Waals surface area contributed by atoms with Crippen LogP contribution in [0, 0.1) is 0 Å². The Hall–Kier alpha value is -0.420. The van der Waals surface area contributed by atoms with E-state index in [-0.39, 0.29) is 12.6 Å². The van der Waals surface area contributed by atoms with Gasteiger partial charge in [0, 0.05) is 34.9 Å². The smallest absolute Gasteiger partial charge is 0.176 e. The lowest BCUT2D eigenvalue weighted by atomic mass is 10.3. The van der Waals surface area contributed by atoms with E-state index in [1.165, 1.54) is 0 Å². The zero-order valence-corrected chi connectivity index (χ0v) is 8.65. The summed E-state index contributed by atoms with van der Waals surface area (Å²) in [6.45, 7) is 0. The molecule has 0 aliphatic rings. The summed E-state index contributed by atoms with van der Waals surface area (Å²) in [5.41, 5.74) is 0. The van der Waals surface area contributed by atoms with E-state index in [2.05, 4.69) is 0 Å². The van der Waals surface area contributed by atoms with Crippen molar-refractivity contribution in [2.24, 2.45) is 0 Å². The van der Waals surface area contributed by atoms with Gasteiger partial charge in [-0.25, -0.2) is 0 Å². The second-order valence-corrected chi connectivity index (χ2v) is 2.40. The molecule has 0 heterocycles. The topological polar surface area (TPSA) is 36.9 Å². The molecule has 0 bridgehead atoms. The molecular weight excluding hydrogens is 172 g/mol. The molecule has 0 rings (SSSR count). The van der Waals surface area contributed by atoms with Crippen molar-refractivity contribution >= 4 is 0 Å². The molecule has 4 nitrogen and oxygen atoms in total. The fraction of sp³-hybridized carbons (Fsp3) is 0.778. The second-order valence-electron chi connectivity index (χ2n) is 2.40. The Morgan fingerprint density at radius 3 is 1.85 bits per heavy atom. The first-order chi connectivity index (χ1) is 6.28. The Kier molecular flexibility index (Phi) is 7.93. The van der Waals surface area contributed by atoms with Gasteiger partial charge in [0.15, 0.2) is 12.6 Å². The fourth-order valence-electron chi connectivity index (χ4n) is 0.843. The van der Waals surface area contributed by atoms with Gasteiger partial charge in [-0.15, -0.1) is 0 Å². The summed E-state index contributed by atoms with van der Waals surface area (Å²) in [7, 11) is 6.38. The fourth-order valence-corrected chi connectivity index (χ4v) is 0.843. The lowest BCUT2D eigenvalue weighted by Gasteiger charge is -2.11. The van der Waals surface area contributed by atoms with E-state index >= 15 is 0 Å². The lowest BCUT2D eigenvalue weighted by molar-refractivity contribution is -0.0994. The van der Waals surface area contributed by atoms with Gasteiger partial charge in [0.2, 0.25) is 0 Å². The number of methoxy groups -OCH3 is 4. The Morgan fingerprint density at radius 1 is 0.923 bits per heavy atom. The minimum Gasteiger partial charge on any atom is -0.356 e. The standard InChI is InChI=1S/C9H18O4/c1-10-8(11-2)6-5-7-9(12-3)13-4/h5-6,8-9H,7H2,1-4H3/b6-5+. The van der Waals surface area contributed by atoms with Crippen molar-refractivity contribution in [1.82, 2.24) is 0 Å². The number of hydrogen-bond donors (Lipinski definition) is 0. The van der Waals surface area contributed by atoms with Crippen LogP contribution in [0.2, 0.25) is 0 Å². The van der Waals surface area contributed by atoms with Gasteiger partial charge in [-0.1, -0.05) is 6.08 Å². The third-order valence-corrected chi connectivity index (χ3v) is 1.61. The van der Waals surface area contributed by atoms with Crippen LogP contribution < -0.4 is 0 Å². The lowest BCUT2D eigenvalue weighted by Crippen LogP contribution is -2.12. The molecule has 0 unspecified atom stereocenters. The summed E-state index contributed by atoms with van der Waals surface area (Å²) in [5, 5.41) is 0. The van der Waals surface area contributed by atoms with Crippen LogP contribution in [0.3, 0.4) is 0 Å². The maximum atomic E-state index is 4.99. The monoisotopic (exact) mass is 190 g/mol. The molecule has 0 aromatic rings. The van der Waals surface area contributed by atoms with Gasteiger partial charge >= 0.3 is 0 Å². The summed E-state index contributed by atoms with van der Waals surface area (Å²) in [5.74, 6) is 0. The third-order valence-electron chi connectivity index (χ3n) is 1.61. The maximum Gasteiger partial charge on any atom is 0.176 e. The van der Waals surface area contributed by atoms with Gasteiger partial charge < -0.3 is 18.9 Å². The molecule has 0 saturated carbocycles. The molecule has 0 atom stereocenters. The Morgan fingerprint density at radius 2 is 1.46 bits per heavy atom. The average Bonchev–Trinajstić information content (AvgIpc) is 2.19. The van der Waals surface area contributed by atoms with E-state index in [1.54, 1.807) is 28.4 Å². The van der Waals surface area contributed by atoms with Crippen molar-refractivity contribution in [3.63, 3.8) is 0 Å². The van der Waals surface area contributed by atoms with Gasteiger partial charge in [-0.2, -0.15) is 0 Å². The van der Waals surface area contributed by atoms with Gasteiger partial charge in [-0.05, 0) is 6.08 Å². The van der Waals surface area contributed by atoms with E-state index in [4.69, 9.17) is 18.9 Å². The highest BCUT2D eigenvalue weighted by Gasteiger charge is 2.02. The van der Waals surface area contributed by atoms with Crippen LogP contribution in [0.4, 0.5) is 0 Å². The number of hydrogen-bond acceptors (Lipinski definition) is 4. The summed E-state index contributed by atoms with van der Waals surface area (Å²) < 4.78 is 19.9. The molecule has 78 valence electrons. The van der Waals surface area contributed by atoms with Crippen molar-refractivity contribution < 1.29 is 18.9 Å². The Labute approximate surface area is 79.4 Å². The van der Waals surface area contributed by atoms with Crippen molar-refractivity contribution in [3.05, 3.63) is 12.2 Å². The summed E-state index contributed by atoms with van der Waals surface area (Å²) >= 11 is 0. The highest BCUT2D eigenvalue weighted by Crippen LogP contribution is 2.01. The summed E-state index contributed by atoms with van der Waals surface area (Å²) in [6, 6.07) is 0. The van der Waals surface area contributed by atoms with E-state index in [0.717, 1.165) is 0 Å². The van der Waals surface area contributed by atoms with Gasteiger partial charge in [-0.3, -0.25) is 0 Å². The van der Waals surface area contributed by atoms with E-state index in [9.17, 15) is 0 Å². The minimum absolute atomic E-state index is 0.203. The highest BCUT2D eigenvalue weighted by molar-refractivity contribution is 4.85. The first kappa shape index (κ1) is 12.6. The third kappa shape index (κ3) is 5.76. The van der Waals surface area contributed by atoms with Crippen molar-refractivity contribution in [3.8, 4) is 0 Å². The largest absolute Gasteiger partial charge is 0.356 e. The molecule has 0 aromatic carbocycles. The van der Waals surface area contributed by atoms with Crippen LogP contribution in [0.25, 0.3) is 0 Å². The normalized spacial score (nSPS) is 12.2. The number of ether oxygens (including phenoxy) is 4. The van der Waals surface area contributed by atoms with Crippen molar-refractivity contribution in [2.45, 2.75) is 19.0 Å². The highest BCUT2D eigenvalue weighted by atomic mass is 16.7. The average molecular weight is 190 g/mol. The maximum absolute atomic E-state index is 4.99. The molecule has 0 radical (unpaired) electrons. The summed E-state index contributed by atoms with van der Waals surface area (Å²) in [6.07, 6.45) is 3.89. The Balaban J connectivity index is 3.70. The molecule has 4 heteroatoms. The molecule has 0 saturated heterocycles. The zero-order chi connectivity index (χ0) is 10.1. The molecule has 0 aliphatic heterocycles. The van der Waals surface area contributed by atoms with Crippen LogP contribution in [0.5, 0.6) is 0 Å². The van der Waals surface area contributed by atoms with Gasteiger partial charge in [0.05, 0.1) is 0 Å². The van der Waals surface area contributed by atoms with E-state index < -0.39 is 0 Å². The SMILES string of the molecule is COC(/C=C/CC(OC)OC)OC. The molecule has 0 fully saturated rings. The molecule has 13 heavy (non-hydrogen) atoms. The van der Waals surface area contributed by atoms with Crippen molar-refractivity contribution in [1.29, 1.82) is 0 Å². The molecule has 0 spiro atoms. The minimum atomic E-state index is -0.297. The predicted molar refractivity (Wildman–Crippen MR) is 49.4 cm³/mol. The molecule has 0 aliphatic carbocycles. The summed E-state index contributed by atoms with van der Waals surface area (Å²) in [4.78, 5) is 0. The van der Waals surface area contributed by atoms with Crippen LogP contribution in [-0.2, 0) is 18.9 Å². The van der Waals surface area contributed by atoms with E-state index in [0.29, 0.717) is 6.42 Å². The molecule has 0 N–H and O–H groups in total. The van der Waals surface area contributed by atoms with E-state index in [1.807, 2.05) is 12.2 Å². The molecule has 0 amide bonds. The van der Waals surface area contributed by atoms with Crippen molar-refractivity contribution in [2.75, 3.05) is 28.4 Å². The molecular formula is C9H18O4. The van der Waals surface area contributed by atoms with Gasteiger partial charge in [0.1, 0.15) is 0 Å². The predicted octanol–water partition coefficient (Wildman–Crippen LogP) is 1.17. The Bertz CT molecular complexity index is 128. The molecule has 0 aromatic heterocycles. The first-order valence-corrected chi connectivity index (χ1v) is 4.06. The second kappa shape index (κ2) is 8.19. The van der Waals surface area contributed by atoms with Gasteiger partial charge in [0.25, 0.3) is 0 Å². The zero-order valence-electron chi connectivity index (χ0n) is 8.65. The first-order valence-electron chi connectivity index (χ1n) is 4.06. The number of rotatable bonds is 7. The quantitative estimate of drug-likeness (QED) is 0.446. The van der Waals surface area contributed by atoms with Crippen LogP contribution in [0.15, 0.2) is 12.2 Å². The van der Waals surface area contributed by atoms with Crippen LogP contribution >= 0.6 is 0 Å². The van der Waals surface area contributed by atoms with Crippen LogP contribution in [-0.4, -0.2) is 41.0 Å². The van der Waals surface area contributed by atoms with Crippen LogP contribution in [0.1, 0.15) is 6.42 Å².